The van der Waals surface area contributed by atoms with Gasteiger partial charge in [0.1, 0.15) is 0 Å². The van der Waals surface area contributed by atoms with Crippen LogP contribution in [0.2, 0.25) is 0 Å². The fourth-order valence-corrected chi connectivity index (χ4v) is 4.53. The van der Waals surface area contributed by atoms with Crippen molar-refractivity contribution in [2.45, 2.75) is 24.3 Å². The Labute approximate surface area is 174 Å². The van der Waals surface area contributed by atoms with Crippen molar-refractivity contribution in [2.24, 2.45) is 11.8 Å². The molecule has 0 N–H and O–H groups in total. The van der Waals surface area contributed by atoms with E-state index in [1.54, 1.807) is 0 Å². The Morgan fingerprint density at radius 2 is 2.00 bits per heavy atom. The van der Waals surface area contributed by atoms with Crippen LogP contribution in [-0.2, 0) is 4.79 Å². The van der Waals surface area contributed by atoms with Gasteiger partial charge in [0.2, 0.25) is 0 Å². The number of carboxylic acid groups (broad SMARTS) is 1. The van der Waals surface area contributed by atoms with Crippen molar-refractivity contribution < 1.29 is 39.5 Å². The van der Waals surface area contributed by atoms with E-state index in [-0.39, 0.29) is 40.9 Å². The van der Waals surface area contributed by atoms with Gasteiger partial charge in [0.05, 0.1) is 5.38 Å². The Morgan fingerprint density at radius 3 is 2.76 bits per heavy atom. The molecule has 124 valence electrons. The Balaban J connectivity index is 0.00000157. The summed E-state index contributed by atoms with van der Waals surface area (Å²) in [4.78, 5) is 15.4. The predicted octanol–water partition coefficient (Wildman–Crippen LogP) is -1.09. The van der Waals surface area contributed by atoms with Crippen LogP contribution in [0.1, 0.15) is 12.8 Å². The molecule has 4 aliphatic rings. The van der Waals surface area contributed by atoms with Gasteiger partial charge in [-0.2, -0.15) is 0 Å². The summed E-state index contributed by atoms with van der Waals surface area (Å²) >= 11 is 6.29. The molecule has 0 aromatic heterocycles. The van der Waals surface area contributed by atoms with Gasteiger partial charge in [0.15, 0.2) is 0 Å². The number of nitrogens with zero attached hydrogens (tertiary/aromatic N) is 2. The SMILES string of the molecule is O=C([O-])C1CN(c2cccc(N3C4=C(CC(Cl)C=C4)C4CC43)c2)C1.[Na+]. The maximum absolute atomic E-state index is 10.9. The van der Waals surface area contributed by atoms with Gasteiger partial charge in [0, 0.05) is 54.0 Å². The summed E-state index contributed by atoms with van der Waals surface area (Å²) in [5.41, 5.74) is 5.11. The Hall–Kier alpha value is -0.940. The van der Waals surface area contributed by atoms with Crippen molar-refractivity contribution in [3.63, 3.8) is 0 Å². The monoisotopic (exact) mass is 364 g/mol. The molecule has 0 radical (unpaired) electrons. The number of aliphatic carboxylic acids is 1. The van der Waals surface area contributed by atoms with E-state index in [9.17, 15) is 9.90 Å². The van der Waals surface area contributed by atoms with Gasteiger partial charge >= 0.3 is 29.6 Å². The van der Waals surface area contributed by atoms with Gasteiger partial charge in [-0.3, -0.25) is 0 Å². The number of allylic oxidation sites excluding steroid dienone is 2. The van der Waals surface area contributed by atoms with Crippen LogP contribution in [0.25, 0.3) is 0 Å². The molecule has 0 bridgehead atoms. The van der Waals surface area contributed by atoms with E-state index in [0.717, 1.165) is 12.1 Å². The van der Waals surface area contributed by atoms with Gasteiger partial charge in [-0.1, -0.05) is 12.1 Å². The number of carbonyl (C=O) groups is 1. The molecule has 0 spiro atoms. The number of hydrogen-bond acceptors (Lipinski definition) is 4. The zero-order valence-electron chi connectivity index (χ0n) is 14.2. The zero-order valence-corrected chi connectivity index (χ0v) is 16.9. The molecule has 1 aromatic rings. The first kappa shape index (κ1) is 17.5. The third kappa shape index (κ3) is 2.84. The average Bonchev–Trinajstić information content (AvgIpc) is 3.22. The van der Waals surface area contributed by atoms with Crippen molar-refractivity contribution in [3.8, 4) is 0 Å². The van der Waals surface area contributed by atoms with E-state index >= 15 is 0 Å². The van der Waals surface area contributed by atoms with Crippen molar-refractivity contribution >= 4 is 28.9 Å². The predicted molar refractivity (Wildman–Crippen MR) is 92.0 cm³/mol. The Morgan fingerprint density at radius 1 is 1.24 bits per heavy atom. The second-order valence-electron chi connectivity index (χ2n) is 7.21. The number of fused-ring (bicyclic) bond motifs is 2. The molecule has 6 heteroatoms. The Bertz CT molecular complexity index is 787. The number of halogens is 1. The molecule has 0 amide bonds. The fraction of sp³-hybridized carbons (Fsp3) is 0.421. The molecule has 2 aliphatic heterocycles. The van der Waals surface area contributed by atoms with E-state index in [1.165, 1.54) is 23.4 Å². The molecule has 1 saturated heterocycles. The summed E-state index contributed by atoms with van der Waals surface area (Å²) in [7, 11) is 0. The van der Waals surface area contributed by atoms with Gasteiger partial charge in [-0.05, 0) is 42.7 Å². The quantitative estimate of drug-likeness (QED) is 0.505. The summed E-state index contributed by atoms with van der Waals surface area (Å²) in [6.45, 7) is 1.08. The average molecular weight is 365 g/mol. The standard InChI is InChI=1S/C19H19ClN2O2.Na/c20-12-4-5-17-15(6-12)16-8-18(16)22(17)14-3-1-2-13(7-14)21-9-11(10-21)19(23)24;/h1-5,7,11-12,16,18H,6,8-10H2,(H,23,24);/q;+1/p-1. The first-order chi connectivity index (χ1) is 11.6. The largest absolute Gasteiger partial charge is 1.00 e. The molecule has 25 heavy (non-hydrogen) atoms. The number of anilines is 2. The summed E-state index contributed by atoms with van der Waals surface area (Å²) in [5.74, 6) is -0.619. The normalized spacial score (nSPS) is 29.7. The minimum absolute atomic E-state index is 0. The molecule has 3 unspecified atom stereocenters. The molecule has 4 nitrogen and oxygen atoms in total. The van der Waals surface area contributed by atoms with E-state index in [2.05, 4.69) is 46.2 Å². The smallest absolute Gasteiger partial charge is 0.550 e. The summed E-state index contributed by atoms with van der Waals surface area (Å²) < 4.78 is 0. The summed E-state index contributed by atoms with van der Waals surface area (Å²) in [5, 5.41) is 11.0. The number of carbonyl (C=O) groups excluding carboxylic acids is 1. The summed E-state index contributed by atoms with van der Waals surface area (Å²) in [6, 6.07) is 9.01. The molecule has 2 fully saturated rings. The maximum atomic E-state index is 10.9. The van der Waals surface area contributed by atoms with Crippen LogP contribution in [-0.4, -0.2) is 30.5 Å². The van der Waals surface area contributed by atoms with Crippen LogP contribution in [0.4, 0.5) is 11.4 Å². The minimum atomic E-state index is -0.944. The topological polar surface area (TPSA) is 46.6 Å². The fourth-order valence-electron chi connectivity index (χ4n) is 4.29. The van der Waals surface area contributed by atoms with E-state index in [0.29, 0.717) is 25.0 Å². The number of rotatable bonds is 3. The number of carboxylic acids is 1. The van der Waals surface area contributed by atoms with Crippen LogP contribution < -0.4 is 44.5 Å². The third-order valence-electron chi connectivity index (χ3n) is 5.69. The zero-order chi connectivity index (χ0) is 16.4. The molecular formula is C19H18ClN2NaO2. The van der Waals surface area contributed by atoms with Crippen LogP contribution >= 0.6 is 11.6 Å². The molecular weight excluding hydrogens is 347 g/mol. The summed E-state index contributed by atoms with van der Waals surface area (Å²) in [6.07, 6.45) is 6.44. The van der Waals surface area contributed by atoms with Crippen LogP contribution in [0.3, 0.4) is 0 Å². The molecule has 2 heterocycles. The molecule has 2 aliphatic carbocycles. The second kappa shape index (κ2) is 6.34. The van der Waals surface area contributed by atoms with E-state index in [1.807, 2.05) is 0 Å². The van der Waals surface area contributed by atoms with E-state index < -0.39 is 5.97 Å². The second-order valence-corrected chi connectivity index (χ2v) is 7.77. The van der Waals surface area contributed by atoms with Crippen molar-refractivity contribution in [3.05, 3.63) is 47.7 Å². The van der Waals surface area contributed by atoms with E-state index in [4.69, 9.17) is 11.6 Å². The third-order valence-corrected chi connectivity index (χ3v) is 5.99. The number of benzene rings is 1. The molecule has 1 aromatic carbocycles. The minimum Gasteiger partial charge on any atom is -0.550 e. The van der Waals surface area contributed by atoms with Gasteiger partial charge < -0.3 is 19.7 Å². The van der Waals surface area contributed by atoms with Crippen molar-refractivity contribution in [1.82, 2.24) is 0 Å². The first-order valence-corrected chi connectivity index (χ1v) is 8.96. The Kier molecular flexibility index (Phi) is 4.43. The number of hydrogen-bond donors (Lipinski definition) is 0. The van der Waals surface area contributed by atoms with Crippen LogP contribution in [0.15, 0.2) is 47.7 Å². The number of alkyl halides is 1. The molecule has 5 rings (SSSR count). The molecule has 3 atom stereocenters. The first-order valence-electron chi connectivity index (χ1n) is 8.52. The molecule has 1 saturated carbocycles. The van der Waals surface area contributed by atoms with Gasteiger partial charge in [-0.25, -0.2) is 0 Å². The van der Waals surface area contributed by atoms with Crippen LogP contribution in [0.5, 0.6) is 0 Å². The van der Waals surface area contributed by atoms with Crippen molar-refractivity contribution in [1.29, 1.82) is 0 Å². The van der Waals surface area contributed by atoms with Crippen molar-refractivity contribution in [2.75, 3.05) is 22.9 Å². The van der Waals surface area contributed by atoms with Gasteiger partial charge in [-0.15, -0.1) is 11.6 Å². The van der Waals surface area contributed by atoms with Crippen LogP contribution in [0, 0.1) is 11.8 Å². The maximum Gasteiger partial charge on any atom is 1.00 e. The van der Waals surface area contributed by atoms with Gasteiger partial charge in [0.25, 0.3) is 0 Å².